The maximum absolute atomic E-state index is 11.4. The van der Waals surface area contributed by atoms with Crippen molar-refractivity contribution in [3.8, 4) is 11.8 Å². The Morgan fingerprint density at radius 2 is 2.27 bits per heavy atom. The van der Waals surface area contributed by atoms with Gasteiger partial charge in [-0.1, -0.05) is 18.2 Å². The number of nitriles is 1. The van der Waals surface area contributed by atoms with Gasteiger partial charge in [0.1, 0.15) is 24.0 Å². The highest BCUT2D eigenvalue weighted by molar-refractivity contribution is 5.79. The van der Waals surface area contributed by atoms with Crippen LogP contribution in [0.15, 0.2) is 30.3 Å². The summed E-state index contributed by atoms with van der Waals surface area (Å²) in [6, 6.07) is 9.85. The van der Waals surface area contributed by atoms with Gasteiger partial charge in [-0.15, -0.1) is 0 Å². The zero-order chi connectivity index (χ0) is 15.7. The van der Waals surface area contributed by atoms with Gasteiger partial charge in [-0.05, 0) is 19.1 Å². The molecule has 0 saturated carbocycles. The molecule has 0 amide bonds. The van der Waals surface area contributed by atoms with Crippen molar-refractivity contribution in [3.05, 3.63) is 35.9 Å². The lowest BCUT2D eigenvalue weighted by atomic mass is 9.80. The first kappa shape index (κ1) is 14.6. The molecule has 0 radical (unpaired) electrons. The topological polar surface area (TPSA) is 68.6 Å². The minimum absolute atomic E-state index is 0.258. The predicted molar refractivity (Wildman–Crippen MR) is 79.0 cm³/mol. The second-order valence-electron chi connectivity index (χ2n) is 5.40. The molecular formula is C17H17NO4. The van der Waals surface area contributed by atoms with E-state index >= 15 is 0 Å². The Morgan fingerprint density at radius 3 is 2.95 bits per heavy atom. The number of para-hydroxylation sites is 1. The second kappa shape index (κ2) is 5.47. The molecule has 3 rings (SSSR count). The lowest BCUT2D eigenvalue weighted by molar-refractivity contribution is -0.165. The summed E-state index contributed by atoms with van der Waals surface area (Å²) in [5.41, 5.74) is 0.650. The number of hydrogen-bond donors (Lipinski definition) is 0. The SMILES string of the molecule is CCO[C@@H]1C=C2c3ccccc3O[C@@H]2CC1(C#N)OC(C)=O. The number of carbonyl (C=O) groups excluding carboxylic acids is 1. The van der Waals surface area contributed by atoms with Crippen molar-refractivity contribution in [2.24, 2.45) is 0 Å². The van der Waals surface area contributed by atoms with E-state index < -0.39 is 17.7 Å². The van der Waals surface area contributed by atoms with Gasteiger partial charge in [0.05, 0.1) is 0 Å². The molecule has 114 valence electrons. The van der Waals surface area contributed by atoms with Crippen LogP contribution in [0.4, 0.5) is 0 Å². The van der Waals surface area contributed by atoms with Crippen molar-refractivity contribution < 1.29 is 19.0 Å². The first-order valence-electron chi connectivity index (χ1n) is 7.30. The molecule has 1 aliphatic heterocycles. The summed E-state index contributed by atoms with van der Waals surface area (Å²) in [6.45, 7) is 3.57. The van der Waals surface area contributed by atoms with Crippen LogP contribution in [-0.2, 0) is 14.3 Å². The standard InChI is InChI=1S/C17H17NO4/c1-3-20-16-8-13-12-6-4-5-7-14(12)21-15(13)9-17(16,10-18)22-11(2)19/h4-8,15-16H,3,9H2,1-2H3/t15-,16-,17?/m1/s1. The van der Waals surface area contributed by atoms with E-state index in [9.17, 15) is 10.1 Å². The fourth-order valence-electron chi connectivity index (χ4n) is 3.09. The van der Waals surface area contributed by atoms with Crippen LogP contribution in [0.5, 0.6) is 5.75 Å². The zero-order valence-corrected chi connectivity index (χ0v) is 12.5. The Bertz CT molecular complexity index is 675. The number of esters is 1. The highest BCUT2D eigenvalue weighted by Gasteiger charge is 2.51. The van der Waals surface area contributed by atoms with Gasteiger partial charge < -0.3 is 14.2 Å². The van der Waals surface area contributed by atoms with Crippen LogP contribution in [0, 0.1) is 11.3 Å². The molecule has 0 fully saturated rings. The fraction of sp³-hybridized carbons (Fsp3) is 0.412. The van der Waals surface area contributed by atoms with Crippen LogP contribution < -0.4 is 4.74 Å². The van der Waals surface area contributed by atoms with Gasteiger partial charge in [0.15, 0.2) is 0 Å². The largest absolute Gasteiger partial charge is 0.485 e. The molecule has 1 aromatic carbocycles. The molecule has 22 heavy (non-hydrogen) atoms. The monoisotopic (exact) mass is 299 g/mol. The van der Waals surface area contributed by atoms with Crippen molar-refractivity contribution in [1.82, 2.24) is 0 Å². The third kappa shape index (κ3) is 2.26. The highest BCUT2D eigenvalue weighted by atomic mass is 16.6. The molecule has 5 nitrogen and oxygen atoms in total. The minimum atomic E-state index is -1.35. The first-order chi connectivity index (χ1) is 10.6. The smallest absolute Gasteiger partial charge is 0.304 e. The highest BCUT2D eigenvalue weighted by Crippen LogP contribution is 2.45. The van der Waals surface area contributed by atoms with E-state index in [0.29, 0.717) is 6.61 Å². The fourth-order valence-corrected chi connectivity index (χ4v) is 3.09. The van der Waals surface area contributed by atoms with Crippen molar-refractivity contribution in [2.75, 3.05) is 6.61 Å². The molecular weight excluding hydrogens is 282 g/mol. The molecule has 2 aliphatic rings. The van der Waals surface area contributed by atoms with Gasteiger partial charge in [0.25, 0.3) is 0 Å². The number of rotatable bonds is 3. The summed E-state index contributed by atoms with van der Waals surface area (Å²) in [6.07, 6.45) is 1.21. The van der Waals surface area contributed by atoms with Crippen LogP contribution in [-0.4, -0.2) is 30.4 Å². The average molecular weight is 299 g/mol. The molecule has 0 N–H and O–H groups in total. The van der Waals surface area contributed by atoms with Crippen LogP contribution in [0.3, 0.4) is 0 Å². The Morgan fingerprint density at radius 1 is 1.50 bits per heavy atom. The van der Waals surface area contributed by atoms with Crippen molar-refractivity contribution >= 4 is 11.5 Å². The zero-order valence-electron chi connectivity index (χ0n) is 12.5. The Hall–Kier alpha value is -2.32. The lowest BCUT2D eigenvalue weighted by Gasteiger charge is -2.37. The predicted octanol–water partition coefficient (Wildman–Crippen LogP) is 2.47. The van der Waals surface area contributed by atoms with Crippen LogP contribution in [0.25, 0.3) is 5.57 Å². The van der Waals surface area contributed by atoms with Crippen molar-refractivity contribution in [3.63, 3.8) is 0 Å². The second-order valence-corrected chi connectivity index (χ2v) is 5.40. The molecule has 0 saturated heterocycles. The Labute approximate surface area is 129 Å². The maximum atomic E-state index is 11.4. The van der Waals surface area contributed by atoms with E-state index in [1.54, 1.807) is 0 Å². The molecule has 1 heterocycles. The molecule has 0 spiro atoms. The van der Waals surface area contributed by atoms with E-state index in [4.69, 9.17) is 14.2 Å². The summed E-state index contributed by atoms with van der Waals surface area (Å²) in [4.78, 5) is 11.4. The average Bonchev–Trinajstić information content (AvgIpc) is 2.84. The third-order valence-corrected chi connectivity index (χ3v) is 3.95. The number of benzene rings is 1. The normalized spacial score (nSPS) is 28.7. The van der Waals surface area contributed by atoms with Crippen LogP contribution >= 0.6 is 0 Å². The van der Waals surface area contributed by atoms with Gasteiger partial charge in [0.2, 0.25) is 5.60 Å². The summed E-state index contributed by atoms with van der Waals surface area (Å²) in [5, 5.41) is 9.63. The van der Waals surface area contributed by atoms with E-state index in [2.05, 4.69) is 6.07 Å². The number of carbonyl (C=O) groups is 1. The maximum Gasteiger partial charge on any atom is 0.304 e. The molecule has 0 bridgehead atoms. The summed E-state index contributed by atoms with van der Waals surface area (Å²) < 4.78 is 16.9. The molecule has 1 aromatic rings. The minimum Gasteiger partial charge on any atom is -0.485 e. The number of nitrogens with zero attached hydrogens (tertiary/aromatic N) is 1. The first-order valence-corrected chi connectivity index (χ1v) is 7.30. The van der Waals surface area contributed by atoms with E-state index in [1.165, 1.54) is 6.92 Å². The molecule has 1 aliphatic carbocycles. The summed E-state index contributed by atoms with van der Waals surface area (Å²) in [5.74, 6) is 0.282. The van der Waals surface area contributed by atoms with Crippen LogP contribution in [0.1, 0.15) is 25.8 Å². The number of ether oxygens (including phenoxy) is 3. The van der Waals surface area contributed by atoms with E-state index in [-0.39, 0.29) is 12.5 Å². The molecule has 0 aromatic heterocycles. The quantitative estimate of drug-likeness (QED) is 0.802. The lowest BCUT2D eigenvalue weighted by Crippen LogP contribution is -2.51. The Balaban J connectivity index is 2.03. The van der Waals surface area contributed by atoms with Crippen LogP contribution in [0.2, 0.25) is 0 Å². The van der Waals surface area contributed by atoms with Gasteiger partial charge in [-0.2, -0.15) is 5.26 Å². The Kier molecular flexibility index (Phi) is 3.63. The van der Waals surface area contributed by atoms with Crippen molar-refractivity contribution in [2.45, 2.75) is 38.1 Å². The van der Waals surface area contributed by atoms with Gasteiger partial charge >= 0.3 is 5.97 Å². The van der Waals surface area contributed by atoms with Gasteiger partial charge in [-0.25, -0.2) is 0 Å². The number of hydrogen-bond acceptors (Lipinski definition) is 5. The summed E-state index contributed by atoms with van der Waals surface area (Å²) in [7, 11) is 0. The molecule has 3 atom stereocenters. The van der Waals surface area contributed by atoms with Crippen molar-refractivity contribution in [1.29, 1.82) is 5.26 Å². The van der Waals surface area contributed by atoms with Gasteiger partial charge in [-0.3, -0.25) is 4.79 Å². The molecule has 5 heteroatoms. The summed E-state index contributed by atoms with van der Waals surface area (Å²) >= 11 is 0. The number of fused-ring (bicyclic) bond motifs is 3. The van der Waals surface area contributed by atoms with E-state index in [1.807, 2.05) is 37.3 Å². The molecule has 1 unspecified atom stereocenters. The van der Waals surface area contributed by atoms with Gasteiger partial charge in [0, 0.05) is 31.1 Å². The van der Waals surface area contributed by atoms with E-state index in [0.717, 1.165) is 16.9 Å². The third-order valence-electron chi connectivity index (χ3n) is 3.95.